The highest BCUT2D eigenvalue weighted by Gasteiger charge is 2.03. The summed E-state index contributed by atoms with van der Waals surface area (Å²) in [7, 11) is 1.73. The Balaban J connectivity index is 2.07. The summed E-state index contributed by atoms with van der Waals surface area (Å²) in [5.74, 6) is 0.700. The molecule has 1 N–H and O–H groups in total. The van der Waals surface area contributed by atoms with Crippen molar-refractivity contribution in [3.8, 4) is 0 Å². The summed E-state index contributed by atoms with van der Waals surface area (Å²) in [5, 5.41) is 5.52. The third-order valence-corrected chi connectivity index (χ3v) is 3.00. The molecule has 0 spiro atoms. The third kappa shape index (κ3) is 4.74. The smallest absolute Gasteiger partial charge is 0.0587 e. The number of hydrogen-bond acceptors (Lipinski definition) is 3. The van der Waals surface area contributed by atoms with Gasteiger partial charge in [0.1, 0.15) is 0 Å². The van der Waals surface area contributed by atoms with Gasteiger partial charge in [0.25, 0.3) is 0 Å². The monoisotopic (exact) mass is 213 g/mol. The maximum Gasteiger partial charge on any atom is 0.0587 e. The van der Waals surface area contributed by atoms with Crippen molar-refractivity contribution in [3.63, 3.8) is 0 Å². The predicted octanol–water partition coefficient (Wildman–Crippen LogP) is 2.16. The van der Waals surface area contributed by atoms with Gasteiger partial charge in [0.05, 0.1) is 6.61 Å². The summed E-state index contributed by atoms with van der Waals surface area (Å²) < 4.78 is 4.97. The Kier molecular flexibility index (Phi) is 5.83. The van der Waals surface area contributed by atoms with Crippen molar-refractivity contribution in [2.24, 2.45) is 5.92 Å². The van der Waals surface area contributed by atoms with E-state index in [1.54, 1.807) is 7.11 Å². The van der Waals surface area contributed by atoms with E-state index in [2.05, 4.69) is 29.8 Å². The van der Waals surface area contributed by atoms with E-state index in [1.165, 1.54) is 11.3 Å². The molecule has 14 heavy (non-hydrogen) atoms. The van der Waals surface area contributed by atoms with Crippen LogP contribution in [-0.4, -0.2) is 26.8 Å². The molecule has 80 valence electrons. The summed E-state index contributed by atoms with van der Waals surface area (Å²) in [5.41, 5.74) is 0. The van der Waals surface area contributed by atoms with Gasteiger partial charge in [-0.2, -0.15) is 0 Å². The molecule has 1 unspecified atom stereocenters. The lowest BCUT2D eigenvalue weighted by Crippen LogP contribution is -2.25. The zero-order valence-corrected chi connectivity index (χ0v) is 9.77. The summed E-state index contributed by atoms with van der Waals surface area (Å²) in [4.78, 5) is 1.48. The van der Waals surface area contributed by atoms with Gasteiger partial charge in [-0.15, -0.1) is 11.3 Å². The van der Waals surface area contributed by atoms with Gasteiger partial charge in [-0.1, -0.05) is 13.0 Å². The van der Waals surface area contributed by atoms with Crippen LogP contribution in [0.5, 0.6) is 0 Å². The molecule has 3 heteroatoms. The molecule has 0 radical (unpaired) electrons. The molecular formula is C11H19NOS. The molecule has 2 nitrogen and oxygen atoms in total. The normalized spacial score (nSPS) is 13.0. The Hall–Kier alpha value is -0.380. The van der Waals surface area contributed by atoms with E-state index >= 15 is 0 Å². The average Bonchev–Trinajstić information content (AvgIpc) is 2.65. The molecule has 0 bridgehead atoms. The van der Waals surface area contributed by atoms with Crippen molar-refractivity contribution < 1.29 is 4.74 Å². The summed E-state index contributed by atoms with van der Waals surface area (Å²) in [6, 6.07) is 4.32. The van der Waals surface area contributed by atoms with Crippen LogP contribution in [0.2, 0.25) is 0 Å². The van der Waals surface area contributed by atoms with E-state index in [1.807, 2.05) is 11.3 Å². The van der Waals surface area contributed by atoms with Crippen molar-refractivity contribution in [1.82, 2.24) is 5.32 Å². The first kappa shape index (κ1) is 11.7. The number of hydrogen-bond donors (Lipinski definition) is 1. The highest BCUT2D eigenvalue weighted by Crippen LogP contribution is 2.13. The van der Waals surface area contributed by atoms with Crippen LogP contribution in [0.1, 0.15) is 11.8 Å². The molecule has 0 saturated heterocycles. The van der Waals surface area contributed by atoms with E-state index in [-0.39, 0.29) is 0 Å². The zero-order valence-electron chi connectivity index (χ0n) is 8.95. The molecular weight excluding hydrogens is 194 g/mol. The summed E-state index contributed by atoms with van der Waals surface area (Å²) in [6.45, 7) is 5.10. The van der Waals surface area contributed by atoms with E-state index in [4.69, 9.17) is 4.74 Å². The number of rotatable bonds is 7. The number of nitrogens with one attached hydrogen (secondary N) is 1. The zero-order chi connectivity index (χ0) is 10.2. The minimum absolute atomic E-state index is 0.700. The lowest BCUT2D eigenvalue weighted by molar-refractivity contribution is 0.198. The molecule has 0 aliphatic heterocycles. The quantitative estimate of drug-likeness (QED) is 0.701. The van der Waals surface area contributed by atoms with Crippen LogP contribution >= 0.6 is 11.3 Å². The van der Waals surface area contributed by atoms with Crippen LogP contribution in [0.3, 0.4) is 0 Å². The Labute approximate surface area is 90.3 Å². The molecule has 1 heterocycles. The minimum Gasteiger partial charge on any atom is -0.383 e. The van der Waals surface area contributed by atoms with Crippen LogP contribution in [0.4, 0.5) is 0 Å². The maximum atomic E-state index is 4.97. The third-order valence-electron chi connectivity index (χ3n) is 2.11. The van der Waals surface area contributed by atoms with Gasteiger partial charge in [0, 0.05) is 18.5 Å². The number of ether oxygens (including phenoxy) is 1. The average molecular weight is 213 g/mol. The first-order valence-electron chi connectivity index (χ1n) is 5.05. The Bertz CT molecular complexity index is 223. The molecule has 0 saturated carbocycles. The maximum absolute atomic E-state index is 4.97. The molecule has 0 aliphatic rings. The van der Waals surface area contributed by atoms with Crippen molar-refractivity contribution in [1.29, 1.82) is 0 Å². The lowest BCUT2D eigenvalue weighted by Gasteiger charge is -2.10. The second kappa shape index (κ2) is 6.98. The van der Waals surface area contributed by atoms with Gasteiger partial charge in [0.15, 0.2) is 0 Å². The molecule has 1 rings (SSSR count). The van der Waals surface area contributed by atoms with Crippen molar-refractivity contribution in [2.45, 2.75) is 13.3 Å². The van der Waals surface area contributed by atoms with Crippen molar-refractivity contribution in [2.75, 3.05) is 26.8 Å². The Morgan fingerprint density at radius 1 is 1.57 bits per heavy atom. The van der Waals surface area contributed by atoms with Crippen molar-refractivity contribution >= 4 is 11.3 Å². The number of thiophene rings is 1. The Morgan fingerprint density at radius 3 is 3.07 bits per heavy atom. The summed E-state index contributed by atoms with van der Waals surface area (Å²) >= 11 is 1.84. The summed E-state index contributed by atoms with van der Waals surface area (Å²) in [6.07, 6.45) is 1.18. The van der Waals surface area contributed by atoms with E-state index in [9.17, 15) is 0 Å². The van der Waals surface area contributed by atoms with E-state index < -0.39 is 0 Å². The topological polar surface area (TPSA) is 21.3 Å². The van der Waals surface area contributed by atoms with Crippen LogP contribution in [-0.2, 0) is 11.2 Å². The highest BCUT2D eigenvalue weighted by molar-refractivity contribution is 7.09. The molecule has 1 aromatic rings. The van der Waals surface area contributed by atoms with Gasteiger partial charge in [0.2, 0.25) is 0 Å². The van der Waals surface area contributed by atoms with Gasteiger partial charge < -0.3 is 10.1 Å². The molecule has 0 amide bonds. The van der Waals surface area contributed by atoms with Gasteiger partial charge in [-0.3, -0.25) is 0 Å². The predicted molar refractivity (Wildman–Crippen MR) is 61.9 cm³/mol. The fourth-order valence-electron chi connectivity index (χ4n) is 1.37. The van der Waals surface area contributed by atoms with Crippen LogP contribution in [0.15, 0.2) is 17.5 Å². The second-order valence-electron chi connectivity index (χ2n) is 3.59. The highest BCUT2D eigenvalue weighted by atomic mass is 32.1. The van der Waals surface area contributed by atoms with Crippen LogP contribution < -0.4 is 5.32 Å². The molecule has 1 atom stereocenters. The first-order chi connectivity index (χ1) is 6.83. The number of methoxy groups -OCH3 is 1. The van der Waals surface area contributed by atoms with Gasteiger partial charge >= 0.3 is 0 Å². The fourth-order valence-corrected chi connectivity index (χ4v) is 2.24. The van der Waals surface area contributed by atoms with E-state index in [0.29, 0.717) is 5.92 Å². The second-order valence-corrected chi connectivity index (χ2v) is 4.62. The molecule has 0 aliphatic carbocycles. The SMILES string of the molecule is COCCNCC(C)Cc1cccs1. The van der Waals surface area contributed by atoms with Gasteiger partial charge in [-0.05, 0) is 30.3 Å². The lowest BCUT2D eigenvalue weighted by atomic mass is 10.1. The molecule has 1 aromatic heterocycles. The fraction of sp³-hybridized carbons (Fsp3) is 0.636. The van der Waals surface area contributed by atoms with Gasteiger partial charge in [-0.25, -0.2) is 0 Å². The first-order valence-corrected chi connectivity index (χ1v) is 5.93. The van der Waals surface area contributed by atoms with Crippen LogP contribution in [0, 0.1) is 5.92 Å². The minimum atomic E-state index is 0.700. The van der Waals surface area contributed by atoms with Crippen molar-refractivity contribution in [3.05, 3.63) is 22.4 Å². The molecule has 0 aromatic carbocycles. The van der Waals surface area contributed by atoms with Crippen LogP contribution in [0.25, 0.3) is 0 Å². The standard InChI is InChI=1S/C11H19NOS/c1-10(9-12-5-6-13-2)8-11-4-3-7-14-11/h3-4,7,10,12H,5-6,8-9H2,1-2H3. The molecule has 0 fully saturated rings. The Morgan fingerprint density at radius 2 is 2.43 bits per heavy atom. The van der Waals surface area contributed by atoms with E-state index in [0.717, 1.165) is 19.7 Å². The largest absolute Gasteiger partial charge is 0.383 e.